The number of nitrogens with zero attached hydrogens (tertiary/aromatic N) is 1. The van der Waals surface area contributed by atoms with Crippen molar-refractivity contribution in [2.45, 2.75) is 45.1 Å². The smallest absolute Gasteiger partial charge is 0.343 e. The number of nitrogens with one attached hydrogen (secondary N) is 1. The van der Waals surface area contributed by atoms with Crippen molar-refractivity contribution in [2.75, 3.05) is 6.61 Å². The highest BCUT2D eigenvalue weighted by Gasteiger charge is 2.27. The zero-order valence-corrected chi connectivity index (χ0v) is 10.1. The van der Waals surface area contributed by atoms with E-state index in [-0.39, 0.29) is 18.4 Å². The first kappa shape index (κ1) is 13.5. The van der Waals surface area contributed by atoms with Gasteiger partial charge in [0.25, 0.3) is 0 Å². The molecule has 94 valence electrons. The van der Waals surface area contributed by atoms with Gasteiger partial charge in [0.2, 0.25) is 11.9 Å². The molecule has 0 aromatic rings. The van der Waals surface area contributed by atoms with Crippen LogP contribution in [0.15, 0.2) is 0 Å². The van der Waals surface area contributed by atoms with Gasteiger partial charge in [0.05, 0.1) is 12.7 Å². The highest BCUT2D eigenvalue weighted by atomic mass is 16.5. The molecular weight excluding hydrogens is 220 g/mol. The maximum atomic E-state index is 11.8. The second kappa shape index (κ2) is 6.89. The largest absolute Gasteiger partial charge is 0.464 e. The fraction of sp³-hybridized carbons (Fsp3) is 0.750. The standard InChI is InChI=1S/C12H18N2O3/c1-2-17-12(16)10(8-13)14-11(15)9-6-4-3-5-7-9/h9-10H,2-7H2,1H3,(H,14,15). The number of nitriles is 1. The van der Waals surface area contributed by atoms with Gasteiger partial charge in [0, 0.05) is 5.92 Å². The Morgan fingerprint density at radius 3 is 2.59 bits per heavy atom. The van der Waals surface area contributed by atoms with Crippen LogP contribution in [0.4, 0.5) is 0 Å². The third-order valence-electron chi connectivity index (χ3n) is 2.91. The van der Waals surface area contributed by atoms with Crippen LogP contribution in [0.5, 0.6) is 0 Å². The van der Waals surface area contributed by atoms with Crippen molar-refractivity contribution in [2.24, 2.45) is 5.92 Å². The maximum Gasteiger partial charge on any atom is 0.343 e. The Balaban J connectivity index is 2.47. The summed E-state index contributed by atoms with van der Waals surface area (Å²) in [6.07, 6.45) is 4.91. The summed E-state index contributed by atoms with van der Waals surface area (Å²) in [7, 11) is 0. The summed E-state index contributed by atoms with van der Waals surface area (Å²) in [5, 5.41) is 11.3. The number of hydrogen-bond donors (Lipinski definition) is 1. The molecule has 1 amide bonds. The molecule has 0 heterocycles. The molecule has 0 aromatic carbocycles. The van der Waals surface area contributed by atoms with Crippen LogP contribution in [0, 0.1) is 17.2 Å². The Hall–Kier alpha value is -1.57. The monoisotopic (exact) mass is 238 g/mol. The van der Waals surface area contributed by atoms with E-state index in [1.54, 1.807) is 13.0 Å². The molecule has 0 aromatic heterocycles. The van der Waals surface area contributed by atoms with Gasteiger partial charge in [-0.25, -0.2) is 4.79 Å². The van der Waals surface area contributed by atoms with Crippen molar-refractivity contribution in [3.8, 4) is 6.07 Å². The summed E-state index contributed by atoms with van der Waals surface area (Å²) in [6.45, 7) is 1.87. The molecule has 0 spiro atoms. The van der Waals surface area contributed by atoms with E-state index in [0.717, 1.165) is 32.1 Å². The molecule has 1 atom stereocenters. The van der Waals surface area contributed by atoms with E-state index in [1.165, 1.54) is 0 Å². The highest BCUT2D eigenvalue weighted by Crippen LogP contribution is 2.23. The van der Waals surface area contributed by atoms with Gasteiger partial charge in [-0.05, 0) is 19.8 Å². The first-order valence-corrected chi connectivity index (χ1v) is 6.05. The molecule has 5 nitrogen and oxygen atoms in total. The molecule has 1 N–H and O–H groups in total. The molecular formula is C12H18N2O3. The Morgan fingerprint density at radius 2 is 2.06 bits per heavy atom. The minimum atomic E-state index is -1.18. The van der Waals surface area contributed by atoms with E-state index in [9.17, 15) is 9.59 Å². The quantitative estimate of drug-likeness (QED) is 0.745. The lowest BCUT2D eigenvalue weighted by Gasteiger charge is -2.21. The molecule has 0 bridgehead atoms. The van der Waals surface area contributed by atoms with Crippen LogP contribution in [-0.2, 0) is 14.3 Å². The summed E-state index contributed by atoms with van der Waals surface area (Å²) in [6, 6.07) is 0.574. The summed E-state index contributed by atoms with van der Waals surface area (Å²) < 4.78 is 4.71. The van der Waals surface area contributed by atoms with Gasteiger partial charge >= 0.3 is 5.97 Å². The first-order chi connectivity index (χ1) is 8.19. The van der Waals surface area contributed by atoms with Crippen LogP contribution in [0.25, 0.3) is 0 Å². The van der Waals surface area contributed by atoms with Crippen LogP contribution in [0.2, 0.25) is 0 Å². The summed E-state index contributed by atoms with van der Waals surface area (Å²) in [5.74, 6) is -0.947. The fourth-order valence-electron chi connectivity index (χ4n) is 1.99. The number of hydrogen-bond acceptors (Lipinski definition) is 4. The van der Waals surface area contributed by atoms with Crippen molar-refractivity contribution < 1.29 is 14.3 Å². The predicted octanol–water partition coefficient (Wildman–Crippen LogP) is 1.14. The molecule has 0 saturated heterocycles. The summed E-state index contributed by atoms with van der Waals surface area (Å²) in [5.41, 5.74) is 0. The first-order valence-electron chi connectivity index (χ1n) is 6.05. The molecule has 17 heavy (non-hydrogen) atoms. The molecule has 1 aliphatic carbocycles. The van der Waals surface area contributed by atoms with Crippen LogP contribution in [0.1, 0.15) is 39.0 Å². The van der Waals surface area contributed by atoms with Crippen molar-refractivity contribution in [1.29, 1.82) is 5.26 Å². The van der Waals surface area contributed by atoms with E-state index in [0.29, 0.717) is 0 Å². The molecule has 0 aliphatic heterocycles. The molecule has 0 radical (unpaired) electrons. The van der Waals surface area contributed by atoms with Crippen LogP contribution in [0.3, 0.4) is 0 Å². The van der Waals surface area contributed by atoms with Gasteiger partial charge in [-0.15, -0.1) is 0 Å². The molecule has 1 fully saturated rings. The number of esters is 1. The number of amides is 1. The lowest BCUT2D eigenvalue weighted by molar-refractivity contribution is -0.146. The second-order valence-electron chi connectivity index (χ2n) is 4.16. The second-order valence-corrected chi connectivity index (χ2v) is 4.16. The SMILES string of the molecule is CCOC(=O)C(C#N)NC(=O)C1CCCCC1. The van der Waals surface area contributed by atoms with Crippen molar-refractivity contribution in [3.05, 3.63) is 0 Å². The average Bonchev–Trinajstić information content (AvgIpc) is 2.37. The van der Waals surface area contributed by atoms with Crippen molar-refractivity contribution in [1.82, 2.24) is 5.32 Å². The van der Waals surface area contributed by atoms with Gasteiger partial charge in [0.1, 0.15) is 0 Å². The van der Waals surface area contributed by atoms with Crippen molar-refractivity contribution >= 4 is 11.9 Å². The van der Waals surface area contributed by atoms with Gasteiger partial charge in [-0.3, -0.25) is 4.79 Å². The lowest BCUT2D eigenvalue weighted by Crippen LogP contribution is -2.44. The topological polar surface area (TPSA) is 79.2 Å². The van der Waals surface area contributed by atoms with Gasteiger partial charge in [-0.2, -0.15) is 5.26 Å². The normalized spacial score (nSPS) is 17.9. The van der Waals surface area contributed by atoms with E-state index in [2.05, 4.69) is 5.32 Å². The average molecular weight is 238 g/mol. The molecule has 1 aliphatic rings. The Labute approximate surface area is 101 Å². The third kappa shape index (κ3) is 4.06. The molecule has 1 rings (SSSR count). The molecule has 1 unspecified atom stereocenters. The zero-order chi connectivity index (χ0) is 12.7. The summed E-state index contributed by atoms with van der Waals surface area (Å²) >= 11 is 0. The molecule has 5 heteroatoms. The van der Waals surface area contributed by atoms with Crippen molar-refractivity contribution in [3.63, 3.8) is 0 Å². The van der Waals surface area contributed by atoms with E-state index < -0.39 is 12.0 Å². The fourth-order valence-corrected chi connectivity index (χ4v) is 1.99. The number of ether oxygens (including phenoxy) is 1. The van der Waals surface area contributed by atoms with Crippen LogP contribution in [-0.4, -0.2) is 24.5 Å². The highest BCUT2D eigenvalue weighted by molar-refractivity contribution is 5.87. The van der Waals surface area contributed by atoms with Crippen LogP contribution < -0.4 is 5.32 Å². The van der Waals surface area contributed by atoms with E-state index in [1.807, 2.05) is 0 Å². The minimum absolute atomic E-state index is 0.0611. The van der Waals surface area contributed by atoms with Crippen LogP contribution >= 0.6 is 0 Å². The number of rotatable bonds is 4. The Kier molecular flexibility index (Phi) is 5.47. The van der Waals surface area contributed by atoms with Gasteiger partial charge in [0.15, 0.2) is 0 Å². The molecule has 1 saturated carbocycles. The van der Waals surface area contributed by atoms with Gasteiger partial charge in [-0.1, -0.05) is 19.3 Å². The summed E-state index contributed by atoms with van der Waals surface area (Å²) in [4.78, 5) is 23.1. The minimum Gasteiger partial charge on any atom is -0.464 e. The van der Waals surface area contributed by atoms with E-state index >= 15 is 0 Å². The maximum absolute atomic E-state index is 11.8. The van der Waals surface area contributed by atoms with E-state index in [4.69, 9.17) is 10.00 Å². The predicted molar refractivity (Wildman–Crippen MR) is 60.8 cm³/mol. The zero-order valence-electron chi connectivity index (χ0n) is 10.1. The Bertz CT molecular complexity index is 316. The number of carbonyl (C=O) groups is 2. The third-order valence-corrected chi connectivity index (χ3v) is 2.91. The van der Waals surface area contributed by atoms with Gasteiger partial charge < -0.3 is 10.1 Å². The lowest BCUT2D eigenvalue weighted by atomic mass is 9.88. The Morgan fingerprint density at radius 1 is 1.41 bits per heavy atom. The number of carbonyl (C=O) groups excluding carboxylic acids is 2.